The molecule has 0 radical (unpaired) electrons. The van der Waals surface area contributed by atoms with Gasteiger partial charge in [-0.15, -0.1) is 24.0 Å². The van der Waals surface area contributed by atoms with Crippen LogP contribution < -0.4 is 10.6 Å². The quantitative estimate of drug-likeness (QED) is 0.243. The first-order valence-corrected chi connectivity index (χ1v) is 8.78. The highest BCUT2D eigenvalue weighted by Crippen LogP contribution is 2.16. The Morgan fingerprint density at radius 1 is 1.12 bits per heavy atom. The first-order valence-electron chi connectivity index (χ1n) is 8.78. The maximum atomic E-state index is 5.62. The van der Waals surface area contributed by atoms with Gasteiger partial charge >= 0.3 is 0 Å². The molecule has 0 amide bonds. The lowest BCUT2D eigenvalue weighted by molar-refractivity contribution is 0.128. The summed E-state index contributed by atoms with van der Waals surface area (Å²) in [4.78, 5) is 6.49. The zero-order chi connectivity index (χ0) is 17.8. The summed E-state index contributed by atoms with van der Waals surface area (Å²) in [6.45, 7) is 7.49. The van der Waals surface area contributed by atoms with Gasteiger partial charge in [0.15, 0.2) is 5.96 Å². The molecule has 25 heavy (non-hydrogen) atoms. The van der Waals surface area contributed by atoms with Gasteiger partial charge in [0.1, 0.15) is 0 Å². The van der Waals surface area contributed by atoms with E-state index >= 15 is 0 Å². The standard InChI is InChI=1S/C19H34N4O.HI/c1-16(2)11-13-24-14-12-21-19(20-3)22-15-18(23(4)5)17-9-7-6-8-10-17;/h6-10,16,18H,11-15H2,1-5H3,(H2,20,21,22);1H. The Bertz CT molecular complexity index is 466. The third-order valence-electron chi connectivity index (χ3n) is 3.87. The smallest absolute Gasteiger partial charge is 0.191 e. The number of aliphatic imine (C=N–C) groups is 1. The molecule has 0 aliphatic heterocycles. The molecular formula is C19H35IN4O. The predicted molar refractivity (Wildman–Crippen MR) is 118 cm³/mol. The molecule has 0 fully saturated rings. The van der Waals surface area contributed by atoms with Crippen LogP contribution in [-0.4, -0.2) is 58.3 Å². The Kier molecular flexibility index (Phi) is 13.8. The minimum absolute atomic E-state index is 0. The number of nitrogens with one attached hydrogen (secondary N) is 2. The second kappa shape index (κ2) is 14.3. The summed E-state index contributed by atoms with van der Waals surface area (Å²) in [6, 6.07) is 10.8. The Morgan fingerprint density at radius 2 is 1.80 bits per heavy atom. The normalized spacial score (nSPS) is 12.8. The van der Waals surface area contributed by atoms with Gasteiger partial charge in [0.25, 0.3) is 0 Å². The van der Waals surface area contributed by atoms with Gasteiger partial charge in [0, 0.05) is 26.7 Å². The van der Waals surface area contributed by atoms with Crippen molar-refractivity contribution in [1.29, 1.82) is 0 Å². The van der Waals surface area contributed by atoms with E-state index in [0.717, 1.165) is 32.1 Å². The predicted octanol–water partition coefficient (Wildman–Crippen LogP) is 3.14. The molecule has 6 heteroatoms. The van der Waals surface area contributed by atoms with Crippen molar-refractivity contribution in [3.05, 3.63) is 35.9 Å². The number of likely N-dealkylation sites (N-methyl/N-ethyl adjacent to an activating group) is 1. The fraction of sp³-hybridized carbons (Fsp3) is 0.632. The summed E-state index contributed by atoms with van der Waals surface area (Å²) in [5.74, 6) is 1.50. The average Bonchev–Trinajstić information content (AvgIpc) is 2.56. The minimum atomic E-state index is 0. The number of halogens is 1. The zero-order valence-corrected chi connectivity index (χ0v) is 18.6. The van der Waals surface area contributed by atoms with Crippen LogP contribution in [0.3, 0.4) is 0 Å². The van der Waals surface area contributed by atoms with Gasteiger partial charge in [-0.1, -0.05) is 44.2 Å². The fourth-order valence-electron chi connectivity index (χ4n) is 2.35. The van der Waals surface area contributed by atoms with Crippen LogP contribution in [0.4, 0.5) is 0 Å². The first kappa shape index (κ1) is 24.1. The molecule has 1 aromatic rings. The number of rotatable bonds is 10. The van der Waals surface area contributed by atoms with E-state index in [4.69, 9.17) is 4.74 Å². The molecule has 0 aliphatic rings. The van der Waals surface area contributed by atoms with Crippen LogP contribution in [0.1, 0.15) is 31.9 Å². The molecule has 144 valence electrons. The van der Waals surface area contributed by atoms with Crippen molar-refractivity contribution >= 4 is 29.9 Å². The Hall–Kier alpha value is -0.860. The van der Waals surface area contributed by atoms with Gasteiger partial charge in [-0.3, -0.25) is 4.99 Å². The summed E-state index contributed by atoms with van der Waals surface area (Å²) in [5.41, 5.74) is 1.29. The van der Waals surface area contributed by atoms with E-state index in [9.17, 15) is 0 Å². The molecule has 2 N–H and O–H groups in total. The second-order valence-electron chi connectivity index (χ2n) is 6.56. The Morgan fingerprint density at radius 3 is 2.36 bits per heavy atom. The van der Waals surface area contributed by atoms with Gasteiger partial charge in [0.2, 0.25) is 0 Å². The number of benzene rings is 1. The van der Waals surface area contributed by atoms with Gasteiger partial charge in [-0.05, 0) is 32.0 Å². The van der Waals surface area contributed by atoms with Crippen molar-refractivity contribution in [2.45, 2.75) is 26.3 Å². The Labute approximate surface area is 170 Å². The highest BCUT2D eigenvalue weighted by atomic mass is 127. The summed E-state index contributed by atoms with van der Waals surface area (Å²) in [5, 5.41) is 6.70. The fourth-order valence-corrected chi connectivity index (χ4v) is 2.35. The van der Waals surface area contributed by atoms with Crippen LogP contribution in [0.5, 0.6) is 0 Å². The molecule has 1 aromatic carbocycles. The lowest BCUT2D eigenvalue weighted by Gasteiger charge is -2.26. The SMILES string of the molecule is CN=C(NCCOCCC(C)C)NCC(c1ccccc1)N(C)C.I. The number of nitrogens with zero attached hydrogens (tertiary/aromatic N) is 2. The molecule has 1 rings (SSSR count). The number of hydrogen-bond acceptors (Lipinski definition) is 3. The summed E-state index contributed by atoms with van der Waals surface area (Å²) >= 11 is 0. The number of ether oxygens (including phenoxy) is 1. The van der Waals surface area contributed by atoms with Gasteiger partial charge in [0.05, 0.1) is 12.6 Å². The lowest BCUT2D eigenvalue weighted by atomic mass is 10.1. The summed E-state index contributed by atoms with van der Waals surface area (Å²) in [6.07, 6.45) is 1.11. The van der Waals surface area contributed by atoms with E-state index < -0.39 is 0 Å². The third-order valence-corrected chi connectivity index (χ3v) is 3.87. The molecule has 0 aliphatic carbocycles. The summed E-state index contributed by atoms with van der Waals surface area (Å²) < 4.78 is 5.62. The maximum Gasteiger partial charge on any atom is 0.191 e. The highest BCUT2D eigenvalue weighted by molar-refractivity contribution is 14.0. The van der Waals surface area contributed by atoms with Gasteiger partial charge in [-0.2, -0.15) is 0 Å². The van der Waals surface area contributed by atoms with E-state index in [2.05, 4.69) is 72.7 Å². The first-order chi connectivity index (χ1) is 11.5. The molecule has 5 nitrogen and oxygen atoms in total. The average molecular weight is 462 g/mol. The molecule has 1 atom stereocenters. The van der Waals surface area contributed by atoms with Gasteiger partial charge < -0.3 is 20.3 Å². The van der Waals surface area contributed by atoms with E-state index in [1.807, 2.05) is 6.07 Å². The molecule has 0 bridgehead atoms. The van der Waals surface area contributed by atoms with Crippen molar-refractivity contribution in [3.8, 4) is 0 Å². The van der Waals surface area contributed by atoms with Crippen molar-refractivity contribution in [2.24, 2.45) is 10.9 Å². The van der Waals surface area contributed by atoms with Crippen molar-refractivity contribution in [1.82, 2.24) is 15.5 Å². The molecule has 0 heterocycles. The largest absolute Gasteiger partial charge is 0.380 e. The summed E-state index contributed by atoms with van der Waals surface area (Å²) in [7, 11) is 5.98. The van der Waals surface area contributed by atoms with E-state index in [1.165, 1.54) is 5.56 Å². The lowest BCUT2D eigenvalue weighted by Crippen LogP contribution is -2.42. The molecule has 1 unspecified atom stereocenters. The van der Waals surface area contributed by atoms with Crippen LogP contribution in [0.25, 0.3) is 0 Å². The highest BCUT2D eigenvalue weighted by Gasteiger charge is 2.14. The van der Waals surface area contributed by atoms with Crippen LogP contribution in [0.2, 0.25) is 0 Å². The van der Waals surface area contributed by atoms with Crippen molar-refractivity contribution in [3.63, 3.8) is 0 Å². The molecular weight excluding hydrogens is 427 g/mol. The topological polar surface area (TPSA) is 48.9 Å². The van der Waals surface area contributed by atoms with E-state index in [0.29, 0.717) is 18.6 Å². The Balaban J connectivity index is 0.00000576. The number of guanidine groups is 1. The van der Waals surface area contributed by atoms with Crippen LogP contribution in [0, 0.1) is 5.92 Å². The molecule has 0 saturated carbocycles. The third kappa shape index (κ3) is 10.7. The maximum absolute atomic E-state index is 5.62. The molecule has 0 saturated heterocycles. The van der Waals surface area contributed by atoms with E-state index in [-0.39, 0.29) is 24.0 Å². The van der Waals surface area contributed by atoms with E-state index in [1.54, 1.807) is 7.05 Å². The zero-order valence-electron chi connectivity index (χ0n) is 16.3. The van der Waals surface area contributed by atoms with Crippen LogP contribution >= 0.6 is 24.0 Å². The van der Waals surface area contributed by atoms with Crippen molar-refractivity contribution in [2.75, 3.05) is 47.4 Å². The van der Waals surface area contributed by atoms with Crippen molar-refractivity contribution < 1.29 is 4.74 Å². The molecule has 0 spiro atoms. The van der Waals surface area contributed by atoms with Gasteiger partial charge in [-0.25, -0.2) is 0 Å². The van der Waals surface area contributed by atoms with Crippen LogP contribution in [0.15, 0.2) is 35.3 Å². The second-order valence-corrected chi connectivity index (χ2v) is 6.56. The monoisotopic (exact) mass is 462 g/mol. The van der Waals surface area contributed by atoms with Crippen LogP contribution in [-0.2, 0) is 4.74 Å². The minimum Gasteiger partial charge on any atom is -0.380 e. The number of hydrogen-bond donors (Lipinski definition) is 2. The molecule has 0 aromatic heterocycles.